The Bertz CT molecular complexity index is 1060. The summed E-state index contributed by atoms with van der Waals surface area (Å²) >= 11 is 1.82. The van der Waals surface area contributed by atoms with E-state index in [1.807, 2.05) is 47.4 Å². The molecule has 6 nitrogen and oxygen atoms in total. The van der Waals surface area contributed by atoms with Crippen molar-refractivity contribution in [2.75, 3.05) is 13.1 Å². The maximum atomic E-state index is 13.9. The first-order chi connectivity index (χ1) is 19.0. The standard InChI is InChI=1S/C32H46N4O2S/c1-23-9-11-25(12-10-23)32(38)36-18-17-28(20-30(36)31(37)34-27-15-13-26(33)14-16-27)35(22-29-8-5-19-39-29)21-24-6-3-2-4-7-24/h5,8-12,19,24,26-28,30H,2-4,6-7,13-18,20-22,33H2,1H3,(H,34,37)/t26?,27?,28?,30-/m1/s1. The summed E-state index contributed by atoms with van der Waals surface area (Å²) in [6.45, 7) is 4.65. The molecule has 0 radical (unpaired) electrons. The average Bonchev–Trinajstić information content (AvgIpc) is 3.47. The lowest BCUT2D eigenvalue weighted by Gasteiger charge is -2.44. The molecule has 2 atom stereocenters. The summed E-state index contributed by atoms with van der Waals surface area (Å²) < 4.78 is 0. The van der Waals surface area contributed by atoms with Gasteiger partial charge < -0.3 is 16.0 Å². The molecule has 1 aromatic heterocycles. The molecule has 1 saturated heterocycles. The quantitative estimate of drug-likeness (QED) is 0.455. The van der Waals surface area contributed by atoms with Crippen LogP contribution in [0.5, 0.6) is 0 Å². The Morgan fingerprint density at radius 1 is 1.00 bits per heavy atom. The van der Waals surface area contributed by atoms with Gasteiger partial charge in [0, 0.05) is 48.2 Å². The number of benzene rings is 1. The van der Waals surface area contributed by atoms with Gasteiger partial charge in [-0.1, -0.05) is 43.0 Å². The SMILES string of the molecule is Cc1ccc(C(=O)N2CCC(N(Cc3cccs3)CC3CCCCC3)C[C@@H]2C(=O)NC2CCC(N)CC2)cc1. The minimum Gasteiger partial charge on any atom is -0.352 e. The molecule has 5 rings (SSSR count). The number of rotatable bonds is 8. The number of carbonyl (C=O) groups excluding carboxylic acids is 2. The number of thiophene rings is 1. The van der Waals surface area contributed by atoms with E-state index in [2.05, 4.69) is 27.7 Å². The minimum atomic E-state index is -0.453. The van der Waals surface area contributed by atoms with Crippen molar-refractivity contribution in [3.05, 3.63) is 57.8 Å². The summed E-state index contributed by atoms with van der Waals surface area (Å²) in [6, 6.07) is 12.3. The molecule has 0 bridgehead atoms. The monoisotopic (exact) mass is 550 g/mol. The molecule has 7 heteroatoms. The Hall–Kier alpha value is -2.22. The molecule has 1 aliphatic heterocycles. The van der Waals surface area contributed by atoms with Crippen LogP contribution < -0.4 is 11.1 Å². The third kappa shape index (κ3) is 7.50. The highest BCUT2D eigenvalue weighted by atomic mass is 32.1. The smallest absolute Gasteiger partial charge is 0.254 e. The number of nitrogens with one attached hydrogen (secondary N) is 1. The number of hydrogen-bond acceptors (Lipinski definition) is 5. The number of amides is 2. The van der Waals surface area contributed by atoms with E-state index in [0.717, 1.165) is 56.7 Å². The van der Waals surface area contributed by atoms with Crippen molar-refractivity contribution in [1.82, 2.24) is 15.1 Å². The van der Waals surface area contributed by atoms with Gasteiger partial charge in [-0.25, -0.2) is 0 Å². The lowest BCUT2D eigenvalue weighted by atomic mass is 9.87. The summed E-state index contributed by atoms with van der Waals surface area (Å²) in [5.74, 6) is 0.704. The van der Waals surface area contributed by atoms with E-state index in [9.17, 15) is 9.59 Å². The zero-order chi connectivity index (χ0) is 27.2. The van der Waals surface area contributed by atoms with E-state index in [1.165, 1.54) is 37.0 Å². The second kappa shape index (κ2) is 13.4. The first-order valence-corrected chi connectivity index (χ1v) is 16.0. The lowest BCUT2D eigenvalue weighted by Crippen LogP contribution is -2.59. The molecule has 0 spiro atoms. The van der Waals surface area contributed by atoms with E-state index in [-0.39, 0.29) is 29.9 Å². The molecule has 2 amide bonds. The fourth-order valence-electron chi connectivity index (χ4n) is 6.84. The van der Waals surface area contributed by atoms with Gasteiger partial charge >= 0.3 is 0 Å². The maximum absolute atomic E-state index is 13.9. The highest BCUT2D eigenvalue weighted by molar-refractivity contribution is 7.09. The lowest BCUT2D eigenvalue weighted by molar-refractivity contribution is -0.128. The predicted octanol–water partition coefficient (Wildman–Crippen LogP) is 5.50. The molecular weight excluding hydrogens is 504 g/mol. The van der Waals surface area contributed by atoms with E-state index in [0.29, 0.717) is 18.5 Å². The number of carbonyl (C=O) groups is 2. The van der Waals surface area contributed by atoms with Gasteiger partial charge in [-0.2, -0.15) is 0 Å². The molecule has 2 aromatic rings. The highest BCUT2D eigenvalue weighted by Crippen LogP contribution is 2.31. The predicted molar refractivity (Wildman–Crippen MR) is 159 cm³/mol. The first kappa shape index (κ1) is 28.3. The Morgan fingerprint density at radius 2 is 1.74 bits per heavy atom. The molecular formula is C32H46N4O2S. The van der Waals surface area contributed by atoms with Crippen molar-refractivity contribution in [3.8, 4) is 0 Å². The summed E-state index contributed by atoms with van der Waals surface area (Å²) in [6.07, 6.45) is 11.9. The average molecular weight is 551 g/mol. The number of piperidine rings is 1. The number of hydrogen-bond donors (Lipinski definition) is 2. The van der Waals surface area contributed by atoms with Crippen LogP contribution in [0, 0.1) is 12.8 Å². The van der Waals surface area contributed by atoms with Crippen LogP contribution in [0.3, 0.4) is 0 Å². The van der Waals surface area contributed by atoms with Crippen LogP contribution in [0.15, 0.2) is 41.8 Å². The Balaban J connectivity index is 1.35. The van der Waals surface area contributed by atoms with Crippen molar-refractivity contribution >= 4 is 23.2 Å². The maximum Gasteiger partial charge on any atom is 0.254 e. The molecule has 2 saturated carbocycles. The van der Waals surface area contributed by atoms with Gasteiger partial charge in [0.25, 0.3) is 5.91 Å². The number of aryl methyl sites for hydroxylation is 1. The second-order valence-corrected chi connectivity index (χ2v) is 13.2. The van der Waals surface area contributed by atoms with Gasteiger partial charge in [0.1, 0.15) is 6.04 Å². The van der Waals surface area contributed by atoms with Crippen molar-refractivity contribution in [2.45, 2.75) is 108 Å². The van der Waals surface area contributed by atoms with Crippen molar-refractivity contribution in [2.24, 2.45) is 11.7 Å². The molecule has 212 valence electrons. The van der Waals surface area contributed by atoms with Gasteiger partial charge in [-0.15, -0.1) is 11.3 Å². The Labute approximate surface area is 238 Å². The van der Waals surface area contributed by atoms with Crippen molar-refractivity contribution in [3.63, 3.8) is 0 Å². The van der Waals surface area contributed by atoms with Crippen LogP contribution in [-0.4, -0.2) is 58.9 Å². The number of likely N-dealkylation sites (tertiary alicyclic amines) is 1. The van der Waals surface area contributed by atoms with Crippen molar-refractivity contribution in [1.29, 1.82) is 0 Å². The Kier molecular flexibility index (Phi) is 9.75. The van der Waals surface area contributed by atoms with Gasteiger partial charge in [-0.05, 0) is 87.8 Å². The fraction of sp³-hybridized carbons (Fsp3) is 0.625. The second-order valence-electron chi connectivity index (χ2n) is 12.2. The topological polar surface area (TPSA) is 78.7 Å². The Morgan fingerprint density at radius 3 is 2.44 bits per heavy atom. The molecule has 3 N–H and O–H groups in total. The van der Waals surface area contributed by atoms with Gasteiger partial charge in [0.05, 0.1) is 0 Å². The van der Waals surface area contributed by atoms with E-state index >= 15 is 0 Å². The van der Waals surface area contributed by atoms with Crippen LogP contribution >= 0.6 is 11.3 Å². The van der Waals surface area contributed by atoms with Crippen molar-refractivity contribution < 1.29 is 9.59 Å². The van der Waals surface area contributed by atoms with Crippen LogP contribution in [0.25, 0.3) is 0 Å². The number of nitrogens with zero attached hydrogens (tertiary/aromatic N) is 2. The molecule has 1 unspecified atom stereocenters. The van der Waals surface area contributed by atoms with E-state index < -0.39 is 6.04 Å². The van der Waals surface area contributed by atoms with Gasteiger partial charge in [0.15, 0.2) is 0 Å². The summed E-state index contributed by atoms with van der Waals surface area (Å²) in [4.78, 5) is 33.5. The first-order valence-electron chi connectivity index (χ1n) is 15.2. The highest BCUT2D eigenvalue weighted by Gasteiger charge is 2.40. The molecule has 2 aliphatic carbocycles. The summed E-state index contributed by atoms with van der Waals surface area (Å²) in [5, 5.41) is 5.49. The van der Waals surface area contributed by atoms with Gasteiger partial charge in [0.2, 0.25) is 5.91 Å². The number of nitrogens with two attached hydrogens (primary N) is 1. The third-order valence-electron chi connectivity index (χ3n) is 9.23. The van der Waals surface area contributed by atoms with Crippen LogP contribution in [0.1, 0.15) is 91.4 Å². The molecule has 39 heavy (non-hydrogen) atoms. The zero-order valence-electron chi connectivity index (χ0n) is 23.5. The minimum absolute atomic E-state index is 0.00868. The van der Waals surface area contributed by atoms with Crippen LogP contribution in [0.2, 0.25) is 0 Å². The van der Waals surface area contributed by atoms with E-state index in [4.69, 9.17) is 5.73 Å². The third-order valence-corrected chi connectivity index (χ3v) is 10.1. The largest absolute Gasteiger partial charge is 0.352 e. The molecule has 2 heterocycles. The summed E-state index contributed by atoms with van der Waals surface area (Å²) in [5.41, 5.74) is 7.91. The molecule has 3 fully saturated rings. The normalized spacial score (nSPS) is 26.5. The molecule has 3 aliphatic rings. The summed E-state index contributed by atoms with van der Waals surface area (Å²) in [7, 11) is 0. The fourth-order valence-corrected chi connectivity index (χ4v) is 7.57. The van der Waals surface area contributed by atoms with Crippen LogP contribution in [0.4, 0.5) is 0 Å². The van der Waals surface area contributed by atoms with Gasteiger partial charge in [-0.3, -0.25) is 14.5 Å². The van der Waals surface area contributed by atoms with Crippen LogP contribution in [-0.2, 0) is 11.3 Å². The molecule has 1 aromatic carbocycles. The van der Waals surface area contributed by atoms with E-state index in [1.54, 1.807) is 0 Å². The zero-order valence-corrected chi connectivity index (χ0v) is 24.3.